The van der Waals surface area contributed by atoms with Gasteiger partial charge in [0.15, 0.2) is 0 Å². The number of fused-ring (bicyclic) bond motifs is 2. The molecule has 5 heteroatoms. The van der Waals surface area contributed by atoms with Crippen LogP contribution >= 0.6 is 0 Å². The van der Waals surface area contributed by atoms with Crippen molar-refractivity contribution in [2.45, 2.75) is 27.1 Å². The number of pyridine rings is 2. The molecular weight excluding hydrogens is 288 g/mol. The average molecular weight is 306 g/mol. The molecule has 0 aromatic carbocycles. The molecule has 4 aromatic rings. The maximum absolute atomic E-state index is 5.94. The van der Waals surface area contributed by atoms with Crippen LogP contribution in [-0.4, -0.2) is 19.2 Å². The number of hydrogen-bond acceptors (Lipinski definition) is 3. The number of ether oxygens (including phenoxy) is 1. The van der Waals surface area contributed by atoms with Crippen LogP contribution in [0.3, 0.4) is 0 Å². The molecule has 0 unspecified atom stereocenters. The van der Waals surface area contributed by atoms with Gasteiger partial charge in [0.1, 0.15) is 0 Å². The van der Waals surface area contributed by atoms with Crippen LogP contribution in [0.4, 0.5) is 0 Å². The van der Waals surface area contributed by atoms with Gasteiger partial charge in [0.2, 0.25) is 0 Å². The van der Waals surface area contributed by atoms with Crippen molar-refractivity contribution in [1.29, 1.82) is 0 Å². The van der Waals surface area contributed by atoms with Crippen molar-refractivity contribution < 1.29 is 4.74 Å². The smallest absolute Gasteiger partial charge is 0.0758 e. The first kappa shape index (κ1) is 14.0. The third-order valence-electron chi connectivity index (χ3n) is 4.15. The van der Waals surface area contributed by atoms with Crippen molar-refractivity contribution in [3.05, 3.63) is 71.3 Å². The summed E-state index contributed by atoms with van der Waals surface area (Å²) in [5.74, 6) is 0. The van der Waals surface area contributed by atoms with E-state index in [4.69, 9.17) is 4.74 Å². The molecule has 0 saturated carbocycles. The average Bonchev–Trinajstić information content (AvgIpc) is 3.14. The number of aryl methyl sites for hydroxylation is 2. The first-order chi connectivity index (χ1) is 11.2. The summed E-state index contributed by atoms with van der Waals surface area (Å²) in [4.78, 5) is 0. The second-order valence-electron chi connectivity index (χ2n) is 5.80. The lowest BCUT2D eigenvalue weighted by molar-refractivity contribution is 0.108. The summed E-state index contributed by atoms with van der Waals surface area (Å²) in [5.41, 5.74) is 6.88. The Kier molecular flexibility index (Phi) is 3.35. The van der Waals surface area contributed by atoms with E-state index in [2.05, 4.69) is 36.2 Å². The summed E-state index contributed by atoms with van der Waals surface area (Å²) in [6, 6.07) is 8.19. The Balaban J connectivity index is 1.55. The van der Waals surface area contributed by atoms with Crippen LogP contribution in [0.5, 0.6) is 0 Å². The summed E-state index contributed by atoms with van der Waals surface area (Å²) >= 11 is 0. The molecule has 0 aliphatic carbocycles. The summed E-state index contributed by atoms with van der Waals surface area (Å²) in [7, 11) is 0. The maximum atomic E-state index is 5.94. The number of aromatic nitrogens is 4. The van der Waals surface area contributed by atoms with Crippen molar-refractivity contribution in [3.8, 4) is 0 Å². The molecule has 0 radical (unpaired) electrons. The van der Waals surface area contributed by atoms with Crippen molar-refractivity contribution in [2.75, 3.05) is 0 Å². The summed E-state index contributed by atoms with van der Waals surface area (Å²) in [5, 5.41) is 8.76. The maximum Gasteiger partial charge on any atom is 0.0758 e. The first-order valence-corrected chi connectivity index (χ1v) is 7.65. The van der Waals surface area contributed by atoms with Gasteiger partial charge in [-0.1, -0.05) is 12.1 Å². The SMILES string of the molecule is Cc1cccn2ncc(COCc3cnn4cccc(C)c34)c12. The molecule has 116 valence electrons. The molecule has 0 aliphatic heterocycles. The quantitative estimate of drug-likeness (QED) is 0.581. The van der Waals surface area contributed by atoms with Gasteiger partial charge in [0, 0.05) is 23.5 Å². The minimum Gasteiger partial charge on any atom is -0.372 e. The highest BCUT2D eigenvalue weighted by Crippen LogP contribution is 2.19. The number of nitrogens with zero attached hydrogens (tertiary/aromatic N) is 4. The van der Waals surface area contributed by atoms with E-state index in [1.165, 1.54) is 11.1 Å². The predicted octanol–water partition coefficient (Wildman–Crippen LogP) is 3.32. The zero-order valence-corrected chi connectivity index (χ0v) is 13.2. The molecular formula is C18H18N4O. The van der Waals surface area contributed by atoms with Gasteiger partial charge in [-0.2, -0.15) is 10.2 Å². The van der Waals surface area contributed by atoms with Crippen molar-refractivity contribution in [2.24, 2.45) is 0 Å². The molecule has 0 spiro atoms. The Labute approximate surface area is 134 Å². The van der Waals surface area contributed by atoms with Gasteiger partial charge in [0.25, 0.3) is 0 Å². The fourth-order valence-electron chi connectivity index (χ4n) is 3.07. The lowest BCUT2D eigenvalue weighted by Crippen LogP contribution is -1.96. The van der Waals surface area contributed by atoms with Gasteiger partial charge in [-0.05, 0) is 37.1 Å². The van der Waals surface area contributed by atoms with E-state index in [1.807, 2.05) is 46.0 Å². The van der Waals surface area contributed by atoms with Crippen LogP contribution in [-0.2, 0) is 18.0 Å². The van der Waals surface area contributed by atoms with Gasteiger partial charge in [-0.15, -0.1) is 0 Å². The molecule has 0 aliphatic rings. The lowest BCUT2D eigenvalue weighted by atomic mass is 10.2. The Morgan fingerprint density at radius 2 is 1.30 bits per heavy atom. The predicted molar refractivity (Wildman–Crippen MR) is 88.4 cm³/mol. The molecule has 0 fully saturated rings. The third kappa shape index (κ3) is 2.39. The van der Waals surface area contributed by atoms with Crippen molar-refractivity contribution in [3.63, 3.8) is 0 Å². The van der Waals surface area contributed by atoms with Gasteiger partial charge in [-0.3, -0.25) is 0 Å². The van der Waals surface area contributed by atoms with E-state index < -0.39 is 0 Å². The molecule has 5 nitrogen and oxygen atoms in total. The second-order valence-corrected chi connectivity index (χ2v) is 5.80. The fourth-order valence-corrected chi connectivity index (χ4v) is 3.07. The lowest BCUT2D eigenvalue weighted by Gasteiger charge is -2.05. The van der Waals surface area contributed by atoms with Crippen LogP contribution in [0.2, 0.25) is 0 Å². The minimum atomic E-state index is 0.539. The Bertz CT molecular complexity index is 903. The van der Waals surface area contributed by atoms with E-state index in [1.54, 1.807) is 0 Å². The van der Waals surface area contributed by atoms with E-state index in [0.717, 1.165) is 22.2 Å². The summed E-state index contributed by atoms with van der Waals surface area (Å²) in [6.45, 7) is 5.26. The highest BCUT2D eigenvalue weighted by atomic mass is 16.5. The van der Waals surface area contributed by atoms with Crippen LogP contribution in [0.25, 0.3) is 11.0 Å². The van der Waals surface area contributed by atoms with Gasteiger partial charge >= 0.3 is 0 Å². The largest absolute Gasteiger partial charge is 0.372 e. The molecule has 4 heterocycles. The summed E-state index contributed by atoms with van der Waals surface area (Å²) in [6.07, 6.45) is 7.67. The number of rotatable bonds is 4. The normalized spacial score (nSPS) is 11.6. The molecule has 0 saturated heterocycles. The highest BCUT2D eigenvalue weighted by Gasteiger charge is 2.09. The topological polar surface area (TPSA) is 43.8 Å². The molecule has 4 aromatic heterocycles. The highest BCUT2D eigenvalue weighted by molar-refractivity contribution is 5.60. The molecule has 0 N–H and O–H groups in total. The molecule has 4 rings (SSSR count). The van der Waals surface area contributed by atoms with Crippen molar-refractivity contribution in [1.82, 2.24) is 19.2 Å². The van der Waals surface area contributed by atoms with Crippen LogP contribution in [0, 0.1) is 13.8 Å². The van der Waals surface area contributed by atoms with Crippen LogP contribution in [0.1, 0.15) is 22.3 Å². The van der Waals surface area contributed by atoms with Gasteiger partial charge < -0.3 is 4.74 Å². The molecule has 23 heavy (non-hydrogen) atoms. The zero-order chi connectivity index (χ0) is 15.8. The Morgan fingerprint density at radius 3 is 1.78 bits per heavy atom. The van der Waals surface area contributed by atoms with Crippen molar-refractivity contribution >= 4 is 11.0 Å². The standard InChI is InChI=1S/C18H18N4O/c1-13-5-3-7-21-17(13)15(9-19-21)11-23-12-16-10-20-22-8-4-6-14(2)18(16)22/h3-10H,11-12H2,1-2H3. The van der Waals surface area contributed by atoms with E-state index in [0.29, 0.717) is 13.2 Å². The fraction of sp³-hybridized carbons (Fsp3) is 0.222. The molecule has 0 atom stereocenters. The van der Waals surface area contributed by atoms with Gasteiger partial charge in [0.05, 0.1) is 36.6 Å². The Hall–Kier alpha value is -2.66. The minimum absolute atomic E-state index is 0.539. The molecule has 0 amide bonds. The summed E-state index contributed by atoms with van der Waals surface area (Å²) < 4.78 is 9.73. The monoisotopic (exact) mass is 306 g/mol. The Morgan fingerprint density at radius 1 is 0.826 bits per heavy atom. The third-order valence-corrected chi connectivity index (χ3v) is 4.15. The van der Waals surface area contributed by atoms with E-state index in [-0.39, 0.29) is 0 Å². The molecule has 0 bridgehead atoms. The number of hydrogen-bond donors (Lipinski definition) is 0. The zero-order valence-electron chi connectivity index (χ0n) is 13.2. The second kappa shape index (κ2) is 5.52. The van der Waals surface area contributed by atoms with Crippen LogP contribution < -0.4 is 0 Å². The first-order valence-electron chi connectivity index (χ1n) is 7.65. The van der Waals surface area contributed by atoms with Crippen LogP contribution in [0.15, 0.2) is 49.1 Å². The van der Waals surface area contributed by atoms with Gasteiger partial charge in [-0.25, -0.2) is 9.03 Å². The van der Waals surface area contributed by atoms with E-state index >= 15 is 0 Å². The van der Waals surface area contributed by atoms with E-state index in [9.17, 15) is 0 Å².